The van der Waals surface area contributed by atoms with Crippen LogP contribution in [0.3, 0.4) is 0 Å². The number of nitrogens with two attached hydrogens (primary N) is 1. The molecular formula is C13H25N3O. The van der Waals surface area contributed by atoms with Crippen molar-refractivity contribution in [2.75, 3.05) is 26.2 Å². The molecule has 2 aliphatic heterocycles. The predicted molar refractivity (Wildman–Crippen MR) is 68.7 cm³/mol. The van der Waals surface area contributed by atoms with Crippen molar-refractivity contribution in [3.05, 3.63) is 0 Å². The third-order valence-corrected chi connectivity index (χ3v) is 4.08. The molecule has 2 aliphatic rings. The standard InChI is InChI=1S/C13H25N3O/c1-11(16-9-6-12(14)10-16)13(17)15-7-4-2-3-5-8-15/h11-12H,2-10,14H2,1H3/t11?,12-/m1/s1. The highest BCUT2D eigenvalue weighted by Crippen LogP contribution is 2.16. The minimum atomic E-state index is 0.0154. The van der Waals surface area contributed by atoms with Crippen LogP contribution in [0.5, 0.6) is 0 Å². The molecule has 0 radical (unpaired) electrons. The molecule has 2 saturated heterocycles. The Kier molecular flexibility index (Phi) is 4.40. The molecule has 2 heterocycles. The maximum atomic E-state index is 12.4. The van der Waals surface area contributed by atoms with E-state index in [1.807, 2.05) is 6.92 Å². The van der Waals surface area contributed by atoms with Crippen molar-refractivity contribution in [1.29, 1.82) is 0 Å². The lowest BCUT2D eigenvalue weighted by Gasteiger charge is -2.29. The van der Waals surface area contributed by atoms with Gasteiger partial charge in [0.25, 0.3) is 0 Å². The Hall–Kier alpha value is -0.610. The van der Waals surface area contributed by atoms with Crippen LogP contribution in [-0.2, 0) is 4.79 Å². The molecule has 0 saturated carbocycles. The molecule has 1 unspecified atom stereocenters. The SMILES string of the molecule is CC(C(=O)N1CCCCCC1)N1CC[C@@H](N)C1. The van der Waals surface area contributed by atoms with Gasteiger partial charge in [-0.25, -0.2) is 0 Å². The van der Waals surface area contributed by atoms with Crippen molar-refractivity contribution in [1.82, 2.24) is 9.80 Å². The average molecular weight is 239 g/mol. The van der Waals surface area contributed by atoms with Crippen molar-refractivity contribution < 1.29 is 4.79 Å². The van der Waals surface area contributed by atoms with Crippen LogP contribution in [0, 0.1) is 0 Å². The molecule has 0 aromatic carbocycles. The van der Waals surface area contributed by atoms with Crippen molar-refractivity contribution >= 4 is 5.91 Å². The zero-order valence-electron chi connectivity index (χ0n) is 10.9. The van der Waals surface area contributed by atoms with E-state index in [1.54, 1.807) is 0 Å². The molecule has 0 spiro atoms. The van der Waals surface area contributed by atoms with Gasteiger partial charge in [0.05, 0.1) is 6.04 Å². The monoisotopic (exact) mass is 239 g/mol. The van der Waals surface area contributed by atoms with Crippen LogP contribution in [-0.4, -0.2) is 54.0 Å². The normalized spacial score (nSPS) is 29.1. The van der Waals surface area contributed by atoms with Gasteiger partial charge in [0.15, 0.2) is 0 Å². The van der Waals surface area contributed by atoms with E-state index in [0.29, 0.717) is 5.91 Å². The lowest BCUT2D eigenvalue weighted by atomic mass is 10.2. The molecule has 2 fully saturated rings. The molecule has 0 aromatic rings. The number of hydrogen-bond acceptors (Lipinski definition) is 3. The number of nitrogens with zero attached hydrogens (tertiary/aromatic N) is 2. The quantitative estimate of drug-likeness (QED) is 0.776. The van der Waals surface area contributed by atoms with E-state index < -0.39 is 0 Å². The van der Waals surface area contributed by atoms with Gasteiger partial charge in [0.1, 0.15) is 0 Å². The number of amides is 1. The first kappa shape index (κ1) is 12.8. The molecule has 98 valence electrons. The zero-order valence-corrected chi connectivity index (χ0v) is 10.9. The molecule has 2 rings (SSSR count). The van der Waals surface area contributed by atoms with E-state index >= 15 is 0 Å². The minimum Gasteiger partial charge on any atom is -0.341 e. The van der Waals surface area contributed by atoms with Gasteiger partial charge in [0, 0.05) is 32.2 Å². The summed E-state index contributed by atoms with van der Waals surface area (Å²) in [5, 5.41) is 0. The molecule has 0 bridgehead atoms. The first-order valence-corrected chi connectivity index (χ1v) is 6.97. The van der Waals surface area contributed by atoms with Gasteiger partial charge in [-0.05, 0) is 26.2 Å². The van der Waals surface area contributed by atoms with E-state index in [1.165, 1.54) is 12.8 Å². The number of rotatable bonds is 2. The highest BCUT2D eigenvalue weighted by atomic mass is 16.2. The minimum absolute atomic E-state index is 0.0154. The summed E-state index contributed by atoms with van der Waals surface area (Å²) in [6.45, 7) is 5.78. The Morgan fingerprint density at radius 3 is 2.35 bits per heavy atom. The Bertz CT molecular complexity index is 261. The van der Waals surface area contributed by atoms with Crippen LogP contribution >= 0.6 is 0 Å². The molecule has 2 atom stereocenters. The van der Waals surface area contributed by atoms with Crippen LogP contribution in [0.4, 0.5) is 0 Å². The van der Waals surface area contributed by atoms with E-state index in [9.17, 15) is 4.79 Å². The first-order chi connectivity index (χ1) is 8.18. The van der Waals surface area contributed by atoms with Crippen molar-refractivity contribution in [3.8, 4) is 0 Å². The fourth-order valence-corrected chi connectivity index (χ4v) is 2.88. The van der Waals surface area contributed by atoms with E-state index in [4.69, 9.17) is 5.73 Å². The van der Waals surface area contributed by atoms with Crippen molar-refractivity contribution in [2.24, 2.45) is 5.73 Å². The van der Waals surface area contributed by atoms with Gasteiger partial charge in [-0.1, -0.05) is 12.8 Å². The van der Waals surface area contributed by atoms with Crippen LogP contribution in [0.2, 0.25) is 0 Å². The third kappa shape index (κ3) is 3.19. The Morgan fingerprint density at radius 2 is 1.82 bits per heavy atom. The zero-order chi connectivity index (χ0) is 12.3. The second-order valence-corrected chi connectivity index (χ2v) is 5.46. The predicted octanol–water partition coefficient (Wildman–Crippen LogP) is 0.811. The highest BCUT2D eigenvalue weighted by Gasteiger charge is 2.30. The first-order valence-electron chi connectivity index (χ1n) is 6.97. The molecule has 2 N–H and O–H groups in total. The summed E-state index contributed by atoms with van der Waals surface area (Å²) >= 11 is 0. The smallest absolute Gasteiger partial charge is 0.239 e. The summed E-state index contributed by atoms with van der Waals surface area (Å²) in [5.41, 5.74) is 5.90. The fourth-order valence-electron chi connectivity index (χ4n) is 2.88. The van der Waals surface area contributed by atoms with Gasteiger partial charge >= 0.3 is 0 Å². The van der Waals surface area contributed by atoms with Gasteiger partial charge in [-0.15, -0.1) is 0 Å². The number of likely N-dealkylation sites (tertiary alicyclic amines) is 2. The molecular weight excluding hydrogens is 214 g/mol. The molecule has 1 amide bonds. The lowest BCUT2D eigenvalue weighted by molar-refractivity contribution is -0.136. The summed E-state index contributed by atoms with van der Waals surface area (Å²) in [4.78, 5) is 16.7. The highest BCUT2D eigenvalue weighted by molar-refractivity contribution is 5.81. The summed E-state index contributed by atoms with van der Waals surface area (Å²) in [7, 11) is 0. The lowest BCUT2D eigenvalue weighted by Crippen LogP contribution is -2.47. The number of carbonyl (C=O) groups is 1. The molecule has 4 heteroatoms. The molecule has 0 aliphatic carbocycles. The molecule has 4 nitrogen and oxygen atoms in total. The Balaban J connectivity index is 1.89. The number of carbonyl (C=O) groups excluding carboxylic acids is 1. The van der Waals surface area contributed by atoms with Gasteiger partial charge in [0.2, 0.25) is 5.91 Å². The third-order valence-electron chi connectivity index (χ3n) is 4.08. The summed E-state index contributed by atoms with van der Waals surface area (Å²) < 4.78 is 0. The summed E-state index contributed by atoms with van der Waals surface area (Å²) in [6, 6.07) is 0.274. The maximum absolute atomic E-state index is 12.4. The second kappa shape index (κ2) is 5.83. The van der Waals surface area contributed by atoms with Crippen LogP contribution in [0.1, 0.15) is 39.0 Å². The summed E-state index contributed by atoms with van der Waals surface area (Å²) in [6.07, 6.45) is 5.90. The Morgan fingerprint density at radius 1 is 1.18 bits per heavy atom. The van der Waals surface area contributed by atoms with Crippen molar-refractivity contribution in [3.63, 3.8) is 0 Å². The topological polar surface area (TPSA) is 49.6 Å². The average Bonchev–Trinajstić information content (AvgIpc) is 2.60. The summed E-state index contributed by atoms with van der Waals surface area (Å²) in [5.74, 6) is 0.306. The molecule has 0 aromatic heterocycles. The van der Waals surface area contributed by atoms with Crippen LogP contribution in [0.25, 0.3) is 0 Å². The number of hydrogen-bond donors (Lipinski definition) is 1. The van der Waals surface area contributed by atoms with Crippen LogP contribution in [0.15, 0.2) is 0 Å². The van der Waals surface area contributed by atoms with E-state index in [2.05, 4.69) is 9.80 Å². The van der Waals surface area contributed by atoms with Crippen LogP contribution < -0.4 is 5.73 Å². The van der Waals surface area contributed by atoms with E-state index in [-0.39, 0.29) is 12.1 Å². The van der Waals surface area contributed by atoms with Gasteiger partial charge in [-0.3, -0.25) is 9.69 Å². The largest absolute Gasteiger partial charge is 0.341 e. The van der Waals surface area contributed by atoms with Crippen molar-refractivity contribution in [2.45, 2.75) is 51.1 Å². The molecule has 17 heavy (non-hydrogen) atoms. The fraction of sp³-hybridized carbons (Fsp3) is 0.923. The van der Waals surface area contributed by atoms with Gasteiger partial charge in [-0.2, -0.15) is 0 Å². The maximum Gasteiger partial charge on any atom is 0.239 e. The van der Waals surface area contributed by atoms with Gasteiger partial charge < -0.3 is 10.6 Å². The Labute approximate surface area is 104 Å². The second-order valence-electron chi connectivity index (χ2n) is 5.46. The van der Waals surface area contributed by atoms with E-state index in [0.717, 1.165) is 45.4 Å².